The van der Waals surface area contributed by atoms with Gasteiger partial charge in [-0.3, -0.25) is 4.68 Å². The molecule has 1 atom stereocenters. The Morgan fingerprint density at radius 3 is 2.81 bits per heavy atom. The number of hydrogen-bond donors (Lipinski definition) is 1. The van der Waals surface area contributed by atoms with Crippen LogP contribution in [0, 0.1) is 0 Å². The van der Waals surface area contributed by atoms with E-state index in [9.17, 15) is 0 Å². The molecule has 0 aliphatic carbocycles. The predicted octanol–water partition coefficient (Wildman–Crippen LogP) is 2.83. The number of thiophene rings is 1. The molecule has 1 N–H and O–H groups in total. The van der Waals surface area contributed by atoms with Crippen LogP contribution in [0.25, 0.3) is 0 Å². The van der Waals surface area contributed by atoms with Crippen molar-refractivity contribution >= 4 is 22.9 Å². The van der Waals surface area contributed by atoms with E-state index in [0.717, 1.165) is 16.6 Å². The van der Waals surface area contributed by atoms with Crippen molar-refractivity contribution in [2.45, 2.75) is 13.0 Å². The van der Waals surface area contributed by atoms with Crippen LogP contribution in [0.5, 0.6) is 0 Å². The number of halogens is 1. The zero-order valence-corrected chi connectivity index (χ0v) is 10.8. The van der Waals surface area contributed by atoms with Gasteiger partial charge in [0.2, 0.25) is 0 Å². The lowest BCUT2D eigenvalue weighted by atomic mass is 10.1. The van der Waals surface area contributed by atoms with Gasteiger partial charge in [0.05, 0.1) is 16.1 Å². The molecular weight excluding hydrogens is 242 g/mol. The second-order valence-corrected chi connectivity index (χ2v) is 5.26. The second-order valence-electron chi connectivity index (χ2n) is 3.51. The van der Waals surface area contributed by atoms with E-state index in [1.807, 2.05) is 30.1 Å². The highest BCUT2D eigenvalue weighted by atomic mass is 35.5. The number of rotatable bonds is 4. The minimum atomic E-state index is 0.176. The fourth-order valence-electron chi connectivity index (χ4n) is 1.71. The van der Waals surface area contributed by atoms with Gasteiger partial charge in [-0.05, 0) is 24.7 Å². The number of aryl methyl sites for hydroxylation is 1. The van der Waals surface area contributed by atoms with E-state index in [1.54, 1.807) is 11.3 Å². The highest BCUT2D eigenvalue weighted by Crippen LogP contribution is 2.30. The summed E-state index contributed by atoms with van der Waals surface area (Å²) in [5, 5.41) is 7.65. The van der Waals surface area contributed by atoms with Gasteiger partial charge in [-0.2, -0.15) is 5.10 Å². The minimum absolute atomic E-state index is 0.176. The number of nitrogens with one attached hydrogen (secondary N) is 1. The first-order chi connectivity index (χ1) is 7.72. The number of hydrogen-bond acceptors (Lipinski definition) is 3. The van der Waals surface area contributed by atoms with Crippen molar-refractivity contribution in [3.63, 3.8) is 0 Å². The molecule has 0 saturated heterocycles. The highest BCUT2D eigenvalue weighted by molar-refractivity contribution is 7.16. The fourth-order valence-corrected chi connectivity index (χ4v) is 2.86. The van der Waals surface area contributed by atoms with Crippen LogP contribution in [0.3, 0.4) is 0 Å². The van der Waals surface area contributed by atoms with E-state index in [4.69, 9.17) is 11.6 Å². The molecular formula is C11H14ClN3S. The van der Waals surface area contributed by atoms with Crippen molar-refractivity contribution in [3.05, 3.63) is 39.3 Å². The first-order valence-corrected chi connectivity index (χ1v) is 6.38. The molecule has 1 unspecified atom stereocenters. The second kappa shape index (κ2) is 4.99. The molecule has 0 aliphatic heterocycles. The third-order valence-corrected chi connectivity index (χ3v) is 3.74. The smallest absolute Gasteiger partial charge is 0.0931 e. The largest absolute Gasteiger partial charge is 0.305 e. The van der Waals surface area contributed by atoms with Crippen molar-refractivity contribution in [1.82, 2.24) is 15.1 Å². The van der Waals surface area contributed by atoms with Gasteiger partial charge in [-0.15, -0.1) is 11.3 Å². The molecule has 0 aromatic carbocycles. The molecule has 16 heavy (non-hydrogen) atoms. The average Bonchev–Trinajstić information content (AvgIpc) is 2.84. The van der Waals surface area contributed by atoms with Gasteiger partial charge in [-0.25, -0.2) is 0 Å². The van der Waals surface area contributed by atoms with Gasteiger partial charge in [0.25, 0.3) is 0 Å². The molecule has 2 aromatic heterocycles. The van der Waals surface area contributed by atoms with E-state index in [2.05, 4.69) is 23.4 Å². The lowest BCUT2D eigenvalue weighted by Gasteiger charge is -2.16. The molecule has 2 aromatic rings. The zero-order chi connectivity index (χ0) is 11.5. The van der Waals surface area contributed by atoms with Crippen molar-refractivity contribution in [2.24, 2.45) is 7.05 Å². The van der Waals surface area contributed by atoms with Crippen LogP contribution in [0.2, 0.25) is 4.34 Å². The molecule has 0 saturated carbocycles. The van der Waals surface area contributed by atoms with E-state index < -0.39 is 0 Å². The third kappa shape index (κ3) is 2.29. The van der Waals surface area contributed by atoms with Gasteiger partial charge in [0.15, 0.2) is 0 Å². The molecule has 0 radical (unpaired) electrons. The quantitative estimate of drug-likeness (QED) is 0.911. The Kier molecular flexibility index (Phi) is 3.63. The van der Waals surface area contributed by atoms with Gasteiger partial charge >= 0.3 is 0 Å². The van der Waals surface area contributed by atoms with Crippen LogP contribution in [0.4, 0.5) is 0 Å². The zero-order valence-electron chi connectivity index (χ0n) is 9.27. The maximum absolute atomic E-state index is 5.97. The molecule has 5 heteroatoms. The van der Waals surface area contributed by atoms with Gasteiger partial charge in [0, 0.05) is 18.1 Å². The van der Waals surface area contributed by atoms with E-state index in [0.29, 0.717) is 0 Å². The van der Waals surface area contributed by atoms with E-state index >= 15 is 0 Å². The molecule has 3 nitrogen and oxygen atoms in total. The number of aromatic nitrogens is 2. The van der Waals surface area contributed by atoms with E-state index in [1.165, 1.54) is 4.88 Å². The molecule has 0 fully saturated rings. The van der Waals surface area contributed by atoms with Crippen LogP contribution < -0.4 is 5.32 Å². The van der Waals surface area contributed by atoms with Crippen molar-refractivity contribution in [3.8, 4) is 0 Å². The summed E-state index contributed by atoms with van der Waals surface area (Å²) in [5.74, 6) is 0. The first-order valence-electron chi connectivity index (χ1n) is 5.19. The average molecular weight is 256 g/mol. The van der Waals surface area contributed by atoms with Gasteiger partial charge in [0.1, 0.15) is 0 Å². The van der Waals surface area contributed by atoms with Crippen molar-refractivity contribution in [1.29, 1.82) is 0 Å². The van der Waals surface area contributed by atoms with Crippen molar-refractivity contribution in [2.75, 3.05) is 6.54 Å². The van der Waals surface area contributed by atoms with E-state index in [-0.39, 0.29) is 6.04 Å². The maximum atomic E-state index is 5.97. The normalized spacial score (nSPS) is 12.9. The molecule has 0 bridgehead atoms. The summed E-state index contributed by atoms with van der Waals surface area (Å²) < 4.78 is 2.71. The predicted molar refractivity (Wildman–Crippen MR) is 68.1 cm³/mol. The summed E-state index contributed by atoms with van der Waals surface area (Å²) in [7, 11) is 1.95. The van der Waals surface area contributed by atoms with Gasteiger partial charge in [-0.1, -0.05) is 18.5 Å². The van der Waals surface area contributed by atoms with Crippen LogP contribution in [-0.4, -0.2) is 16.3 Å². The van der Waals surface area contributed by atoms with Crippen LogP contribution in [0.1, 0.15) is 23.5 Å². The Bertz CT molecular complexity index is 463. The minimum Gasteiger partial charge on any atom is -0.305 e. The van der Waals surface area contributed by atoms with Crippen LogP contribution in [-0.2, 0) is 7.05 Å². The monoisotopic (exact) mass is 255 g/mol. The molecule has 0 aliphatic rings. The van der Waals surface area contributed by atoms with Crippen molar-refractivity contribution < 1.29 is 0 Å². The summed E-state index contributed by atoms with van der Waals surface area (Å²) >= 11 is 7.58. The Morgan fingerprint density at radius 1 is 1.50 bits per heavy atom. The summed E-state index contributed by atoms with van der Waals surface area (Å²) in [5.41, 5.74) is 1.15. The molecule has 86 valence electrons. The highest BCUT2D eigenvalue weighted by Gasteiger charge is 2.17. The molecule has 0 spiro atoms. The summed E-state index contributed by atoms with van der Waals surface area (Å²) in [6, 6.07) is 6.20. The molecule has 2 rings (SSSR count). The van der Waals surface area contributed by atoms with Crippen LogP contribution in [0.15, 0.2) is 24.4 Å². The third-order valence-electron chi connectivity index (χ3n) is 2.44. The maximum Gasteiger partial charge on any atom is 0.0931 e. The standard InChI is InChI=1S/C11H14ClN3S/c1-3-13-11(8-6-7-14-15(8)2)9-4-5-10(12)16-9/h4-7,11,13H,3H2,1-2H3. The summed E-state index contributed by atoms with van der Waals surface area (Å²) in [4.78, 5) is 1.22. The Morgan fingerprint density at radius 2 is 2.31 bits per heavy atom. The summed E-state index contributed by atoms with van der Waals surface area (Å²) in [6.45, 7) is 3.00. The topological polar surface area (TPSA) is 29.9 Å². The fraction of sp³-hybridized carbons (Fsp3) is 0.364. The Labute approximate surface area is 104 Å². The lowest BCUT2D eigenvalue weighted by Crippen LogP contribution is -2.23. The Balaban J connectivity index is 2.34. The van der Waals surface area contributed by atoms with Gasteiger partial charge < -0.3 is 5.32 Å². The number of nitrogens with zero attached hydrogens (tertiary/aromatic N) is 2. The lowest BCUT2D eigenvalue weighted by molar-refractivity contribution is 0.579. The first kappa shape index (κ1) is 11.6. The molecule has 2 heterocycles. The van der Waals surface area contributed by atoms with Crippen LogP contribution >= 0.6 is 22.9 Å². The summed E-state index contributed by atoms with van der Waals surface area (Å²) in [6.07, 6.45) is 1.81. The SMILES string of the molecule is CCNC(c1ccc(Cl)s1)c1ccnn1C. The Hall–Kier alpha value is -0.840. The molecule has 0 amide bonds.